The fourth-order valence-electron chi connectivity index (χ4n) is 1.95. The summed E-state index contributed by atoms with van der Waals surface area (Å²) in [6.45, 7) is 5.08. The number of urea groups is 1. The van der Waals surface area contributed by atoms with Crippen molar-refractivity contribution in [3.63, 3.8) is 0 Å². The average molecular weight is 287 g/mol. The van der Waals surface area contributed by atoms with Gasteiger partial charge in [-0.25, -0.2) is 9.59 Å². The van der Waals surface area contributed by atoms with Crippen molar-refractivity contribution in [2.24, 2.45) is 0 Å². The highest BCUT2D eigenvalue weighted by molar-refractivity contribution is 5.90. The van der Waals surface area contributed by atoms with Gasteiger partial charge in [-0.1, -0.05) is 0 Å². The summed E-state index contributed by atoms with van der Waals surface area (Å²) in [5.74, 6) is -1.48. The van der Waals surface area contributed by atoms with E-state index in [9.17, 15) is 14.4 Å². The van der Waals surface area contributed by atoms with E-state index in [-0.39, 0.29) is 19.0 Å². The minimum absolute atomic E-state index is 0.0665. The summed E-state index contributed by atoms with van der Waals surface area (Å²) >= 11 is 0. The quantitative estimate of drug-likeness (QED) is 0.632. The molecule has 0 aromatic carbocycles. The van der Waals surface area contributed by atoms with Gasteiger partial charge in [0, 0.05) is 26.2 Å². The molecule has 114 valence electrons. The molecular weight excluding hydrogens is 266 g/mol. The van der Waals surface area contributed by atoms with Crippen molar-refractivity contribution in [2.75, 3.05) is 39.4 Å². The third kappa shape index (κ3) is 4.09. The number of nitrogens with zero attached hydrogens (tertiary/aromatic N) is 2. The van der Waals surface area contributed by atoms with Gasteiger partial charge in [0.25, 0.3) is 0 Å². The summed E-state index contributed by atoms with van der Waals surface area (Å²) in [5.41, 5.74) is 0. The molecule has 1 atom stereocenters. The van der Waals surface area contributed by atoms with Crippen molar-refractivity contribution >= 4 is 17.9 Å². The Kier molecular flexibility index (Phi) is 6.23. The zero-order valence-corrected chi connectivity index (χ0v) is 11.8. The lowest BCUT2D eigenvalue weighted by molar-refractivity contribution is -0.144. The Balaban J connectivity index is 2.73. The number of carbonyl (C=O) groups is 3. The van der Waals surface area contributed by atoms with Gasteiger partial charge in [0.2, 0.25) is 5.91 Å². The number of amides is 3. The maximum absolute atomic E-state index is 12.3. The van der Waals surface area contributed by atoms with Crippen LogP contribution in [-0.4, -0.2) is 78.2 Å². The fraction of sp³-hybridized carbons (Fsp3) is 0.750. The average Bonchev–Trinajstić information content (AvgIpc) is 2.42. The number of ether oxygens (including phenoxy) is 1. The van der Waals surface area contributed by atoms with Crippen LogP contribution in [0.25, 0.3) is 0 Å². The van der Waals surface area contributed by atoms with E-state index in [1.54, 1.807) is 6.92 Å². The first-order valence-electron chi connectivity index (χ1n) is 6.64. The van der Waals surface area contributed by atoms with E-state index in [4.69, 9.17) is 9.84 Å². The van der Waals surface area contributed by atoms with E-state index < -0.39 is 18.0 Å². The molecule has 8 nitrogen and oxygen atoms in total. The van der Waals surface area contributed by atoms with Crippen molar-refractivity contribution in [1.82, 2.24) is 15.1 Å². The highest BCUT2D eigenvalue weighted by Gasteiger charge is 2.36. The van der Waals surface area contributed by atoms with E-state index in [0.29, 0.717) is 26.3 Å². The zero-order chi connectivity index (χ0) is 15.1. The number of nitrogens with one attached hydrogen (secondary N) is 1. The molecule has 0 saturated carbocycles. The fourth-order valence-corrected chi connectivity index (χ4v) is 1.95. The Morgan fingerprint density at radius 3 is 2.75 bits per heavy atom. The Bertz CT molecular complexity index is 374. The van der Waals surface area contributed by atoms with Crippen LogP contribution < -0.4 is 5.32 Å². The minimum Gasteiger partial charge on any atom is -0.480 e. The van der Waals surface area contributed by atoms with E-state index in [0.717, 1.165) is 4.90 Å². The second-order valence-electron chi connectivity index (χ2n) is 4.35. The predicted octanol–water partition coefficient (Wildman–Crippen LogP) is -0.650. The van der Waals surface area contributed by atoms with Crippen LogP contribution in [0.2, 0.25) is 0 Å². The van der Waals surface area contributed by atoms with Gasteiger partial charge < -0.3 is 20.1 Å². The van der Waals surface area contributed by atoms with Crippen molar-refractivity contribution in [3.8, 4) is 0 Å². The highest BCUT2D eigenvalue weighted by Crippen LogP contribution is 2.09. The number of rotatable bonds is 6. The van der Waals surface area contributed by atoms with Crippen molar-refractivity contribution in [3.05, 3.63) is 0 Å². The molecule has 0 aliphatic carbocycles. The first-order chi connectivity index (χ1) is 9.51. The number of carboxylic acid groups (broad SMARTS) is 1. The number of carboxylic acids is 1. The van der Waals surface area contributed by atoms with Crippen LogP contribution in [0.3, 0.4) is 0 Å². The van der Waals surface area contributed by atoms with Gasteiger partial charge >= 0.3 is 12.0 Å². The van der Waals surface area contributed by atoms with Gasteiger partial charge in [-0.2, -0.15) is 0 Å². The van der Waals surface area contributed by atoms with Gasteiger partial charge in [-0.05, 0) is 13.8 Å². The molecule has 1 unspecified atom stereocenters. The standard InChI is InChI=1S/C12H21N3O5/c1-3-14(5-6-20-4-2)12(19)15-8-10(16)13-7-9(15)11(17)18/h9H,3-8H2,1-2H3,(H,13,16)(H,17,18). The van der Waals surface area contributed by atoms with Crippen molar-refractivity contribution in [1.29, 1.82) is 0 Å². The summed E-state index contributed by atoms with van der Waals surface area (Å²) < 4.78 is 5.19. The second kappa shape index (κ2) is 7.68. The maximum atomic E-state index is 12.3. The predicted molar refractivity (Wildman–Crippen MR) is 70.3 cm³/mol. The van der Waals surface area contributed by atoms with Crippen LogP contribution in [0.15, 0.2) is 0 Å². The molecule has 0 aromatic rings. The summed E-state index contributed by atoms with van der Waals surface area (Å²) in [6, 6.07) is -1.48. The van der Waals surface area contributed by atoms with Crippen LogP contribution in [0.4, 0.5) is 4.79 Å². The highest BCUT2D eigenvalue weighted by atomic mass is 16.5. The lowest BCUT2D eigenvalue weighted by Gasteiger charge is -2.36. The van der Waals surface area contributed by atoms with Gasteiger partial charge in [-0.3, -0.25) is 9.69 Å². The topological polar surface area (TPSA) is 99.2 Å². The molecule has 1 fully saturated rings. The molecule has 3 amide bonds. The smallest absolute Gasteiger partial charge is 0.328 e. The van der Waals surface area contributed by atoms with Crippen LogP contribution in [0.1, 0.15) is 13.8 Å². The molecule has 1 saturated heterocycles. The van der Waals surface area contributed by atoms with Crippen LogP contribution in [-0.2, 0) is 14.3 Å². The number of hydrogen-bond donors (Lipinski definition) is 2. The Labute approximate surface area is 117 Å². The first-order valence-corrected chi connectivity index (χ1v) is 6.64. The largest absolute Gasteiger partial charge is 0.480 e. The molecule has 1 heterocycles. The number of carbonyl (C=O) groups excluding carboxylic acids is 2. The first kappa shape index (κ1) is 16.2. The number of hydrogen-bond acceptors (Lipinski definition) is 4. The maximum Gasteiger partial charge on any atom is 0.328 e. The molecule has 20 heavy (non-hydrogen) atoms. The SMILES string of the molecule is CCOCCN(CC)C(=O)N1CC(=O)NCC1C(=O)O. The van der Waals surface area contributed by atoms with E-state index in [1.165, 1.54) is 4.90 Å². The molecule has 1 aliphatic rings. The molecule has 1 rings (SSSR count). The monoisotopic (exact) mass is 287 g/mol. The lowest BCUT2D eigenvalue weighted by Crippen LogP contribution is -2.62. The Morgan fingerprint density at radius 2 is 2.20 bits per heavy atom. The molecule has 0 aromatic heterocycles. The Morgan fingerprint density at radius 1 is 1.50 bits per heavy atom. The molecule has 1 aliphatic heterocycles. The lowest BCUT2D eigenvalue weighted by atomic mass is 10.2. The van der Waals surface area contributed by atoms with Crippen LogP contribution in [0.5, 0.6) is 0 Å². The number of piperazine rings is 1. The molecule has 8 heteroatoms. The van der Waals surface area contributed by atoms with Gasteiger partial charge in [0.05, 0.1) is 6.61 Å². The van der Waals surface area contributed by atoms with Crippen LogP contribution >= 0.6 is 0 Å². The molecular formula is C12H21N3O5. The van der Waals surface area contributed by atoms with E-state index >= 15 is 0 Å². The third-order valence-electron chi connectivity index (χ3n) is 3.08. The molecule has 0 spiro atoms. The van der Waals surface area contributed by atoms with Crippen LogP contribution in [0, 0.1) is 0 Å². The van der Waals surface area contributed by atoms with Crippen molar-refractivity contribution < 1.29 is 24.2 Å². The number of aliphatic carboxylic acids is 1. The normalized spacial score (nSPS) is 18.6. The minimum atomic E-state index is -1.13. The van der Waals surface area contributed by atoms with Gasteiger partial charge in [0.15, 0.2) is 0 Å². The zero-order valence-electron chi connectivity index (χ0n) is 11.8. The van der Waals surface area contributed by atoms with Crippen molar-refractivity contribution in [2.45, 2.75) is 19.9 Å². The number of likely N-dealkylation sites (N-methyl/N-ethyl adjacent to an activating group) is 1. The summed E-state index contributed by atoms with van der Waals surface area (Å²) in [6.07, 6.45) is 0. The summed E-state index contributed by atoms with van der Waals surface area (Å²) in [5, 5.41) is 11.6. The molecule has 2 N–H and O–H groups in total. The molecule has 0 bridgehead atoms. The summed E-state index contributed by atoms with van der Waals surface area (Å²) in [4.78, 5) is 37.4. The van der Waals surface area contributed by atoms with E-state index in [2.05, 4.69) is 5.32 Å². The Hall–Kier alpha value is -1.83. The van der Waals surface area contributed by atoms with E-state index in [1.807, 2.05) is 6.92 Å². The third-order valence-corrected chi connectivity index (χ3v) is 3.08. The summed E-state index contributed by atoms with van der Waals surface area (Å²) in [7, 11) is 0. The van der Waals surface area contributed by atoms with Gasteiger partial charge in [-0.15, -0.1) is 0 Å². The van der Waals surface area contributed by atoms with Gasteiger partial charge in [0.1, 0.15) is 12.6 Å². The molecule has 0 radical (unpaired) electrons. The second-order valence-corrected chi connectivity index (χ2v) is 4.35.